The number of carbonyl (C=O) groups is 1. The fraction of sp³-hybridized carbons (Fsp3) is 0.125. The number of H-pyrrole nitrogens is 1. The number of anilines is 1. The van der Waals surface area contributed by atoms with Crippen LogP contribution in [0.15, 0.2) is 48.5 Å². The van der Waals surface area contributed by atoms with E-state index in [1.54, 1.807) is 0 Å². The monoisotopic (exact) mass is 297 g/mol. The number of rotatable bonds is 3. The first kappa shape index (κ1) is 13.7. The van der Waals surface area contributed by atoms with Crippen LogP contribution in [0.25, 0.3) is 11.0 Å². The van der Waals surface area contributed by atoms with Gasteiger partial charge >= 0.3 is 0 Å². The number of aromatic nitrogens is 2. The average molecular weight is 297 g/mol. The van der Waals surface area contributed by atoms with Gasteiger partial charge in [-0.3, -0.25) is 4.79 Å². The molecule has 21 heavy (non-hydrogen) atoms. The maximum absolute atomic E-state index is 12.2. The number of fused-ring (bicyclic) bond motifs is 1. The van der Waals surface area contributed by atoms with E-state index >= 15 is 0 Å². The van der Waals surface area contributed by atoms with Crippen molar-refractivity contribution >= 4 is 35.3 Å². The van der Waals surface area contributed by atoms with Crippen LogP contribution in [0.3, 0.4) is 0 Å². The molecule has 1 aromatic heterocycles. The first-order valence-electron chi connectivity index (χ1n) is 6.64. The molecular formula is C16H15N3OS. The van der Waals surface area contributed by atoms with E-state index < -0.39 is 5.25 Å². The van der Waals surface area contributed by atoms with Crippen molar-refractivity contribution in [1.82, 2.24) is 9.97 Å². The molecule has 2 aromatic carbocycles. The third kappa shape index (κ3) is 2.92. The molecule has 0 fully saturated rings. The Morgan fingerprint density at radius 1 is 1.24 bits per heavy atom. The Balaban J connectivity index is 1.79. The number of imidazole rings is 1. The minimum absolute atomic E-state index is 0.153. The predicted molar refractivity (Wildman–Crippen MR) is 87.6 cm³/mol. The smallest absolute Gasteiger partial charge is 0.241 e. The summed E-state index contributed by atoms with van der Waals surface area (Å²) in [6.45, 7) is 1.90. The summed E-state index contributed by atoms with van der Waals surface area (Å²) < 4.78 is 0. The molecule has 0 aliphatic heterocycles. The van der Waals surface area contributed by atoms with Gasteiger partial charge in [0.15, 0.2) is 0 Å². The Kier molecular flexibility index (Phi) is 3.66. The second-order valence-corrected chi connectivity index (χ2v) is 5.37. The van der Waals surface area contributed by atoms with Gasteiger partial charge in [0, 0.05) is 5.69 Å². The second kappa shape index (κ2) is 5.61. The van der Waals surface area contributed by atoms with Crippen LogP contribution in [0.1, 0.15) is 16.6 Å². The molecule has 1 amide bonds. The lowest BCUT2D eigenvalue weighted by Gasteiger charge is -2.11. The van der Waals surface area contributed by atoms with Crippen molar-refractivity contribution in [3.05, 3.63) is 59.9 Å². The van der Waals surface area contributed by atoms with E-state index in [1.807, 2.05) is 55.5 Å². The van der Waals surface area contributed by atoms with Crippen LogP contribution in [0.5, 0.6) is 0 Å². The van der Waals surface area contributed by atoms with Crippen molar-refractivity contribution in [2.45, 2.75) is 12.2 Å². The zero-order valence-corrected chi connectivity index (χ0v) is 12.4. The quantitative estimate of drug-likeness (QED) is 0.648. The van der Waals surface area contributed by atoms with Gasteiger partial charge in [0.1, 0.15) is 11.1 Å². The van der Waals surface area contributed by atoms with E-state index in [4.69, 9.17) is 0 Å². The highest BCUT2D eigenvalue weighted by Crippen LogP contribution is 2.23. The van der Waals surface area contributed by atoms with Gasteiger partial charge in [-0.15, -0.1) is 0 Å². The third-order valence-electron chi connectivity index (χ3n) is 3.23. The fourth-order valence-electron chi connectivity index (χ4n) is 2.21. The lowest BCUT2D eigenvalue weighted by atomic mass is 10.1. The molecule has 3 aromatic rings. The number of nitrogens with one attached hydrogen (secondary N) is 2. The van der Waals surface area contributed by atoms with E-state index in [0.29, 0.717) is 0 Å². The van der Waals surface area contributed by atoms with Crippen molar-refractivity contribution in [3.8, 4) is 0 Å². The van der Waals surface area contributed by atoms with E-state index in [1.165, 1.54) is 0 Å². The number of hydrogen-bond acceptors (Lipinski definition) is 3. The molecule has 0 saturated heterocycles. The van der Waals surface area contributed by atoms with Gasteiger partial charge in [-0.05, 0) is 30.7 Å². The van der Waals surface area contributed by atoms with Gasteiger partial charge < -0.3 is 10.3 Å². The molecule has 1 heterocycles. The second-order valence-electron chi connectivity index (χ2n) is 4.86. The number of carbonyl (C=O) groups excluding carboxylic acids is 1. The molecule has 1 atom stereocenters. The highest BCUT2D eigenvalue weighted by Gasteiger charge is 2.16. The minimum Gasteiger partial charge on any atom is -0.342 e. The fourth-order valence-corrected chi connectivity index (χ4v) is 2.45. The van der Waals surface area contributed by atoms with Crippen molar-refractivity contribution < 1.29 is 4.79 Å². The van der Waals surface area contributed by atoms with Gasteiger partial charge in [0.2, 0.25) is 5.91 Å². The lowest BCUT2D eigenvalue weighted by Crippen LogP contribution is -2.17. The number of nitrogens with zero attached hydrogens (tertiary/aromatic N) is 1. The average Bonchev–Trinajstić information content (AvgIpc) is 2.86. The molecular weight excluding hydrogens is 282 g/mol. The van der Waals surface area contributed by atoms with Gasteiger partial charge in [-0.1, -0.05) is 30.3 Å². The summed E-state index contributed by atoms with van der Waals surface area (Å²) in [7, 11) is 0. The van der Waals surface area contributed by atoms with Crippen molar-refractivity contribution in [1.29, 1.82) is 0 Å². The van der Waals surface area contributed by atoms with E-state index in [-0.39, 0.29) is 5.91 Å². The normalized spacial score (nSPS) is 12.3. The topological polar surface area (TPSA) is 57.8 Å². The first-order chi connectivity index (χ1) is 10.1. The van der Waals surface area contributed by atoms with Crippen LogP contribution in [-0.2, 0) is 4.79 Å². The van der Waals surface area contributed by atoms with Crippen LogP contribution in [0.4, 0.5) is 5.69 Å². The van der Waals surface area contributed by atoms with Crippen molar-refractivity contribution in [2.75, 3.05) is 5.32 Å². The largest absolute Gasteiger partial charge is 0.342 e. The molecule has 3 rings (SSSR count). The number of aromatic amines is 1. The van der Waals surface area contributed by atoms with Crippen LogP contribution in [-0.4, -0.2) is 15.9 Å². The summed E-state index contributed by atoms with van der Waals surface area (Å²) in [4.78, 5) is 19.7. The van der Waals surface area contributed by atoms with Crippen molar-refractivity contribution in [2.24, 2.45) is 0 Å². The molecule has 0 bridgehead atoms. The molecule has 0 radical (unpaired) electrons. The number of benzene rings is 2. The van der Waals surface area contributed by atoms with Crippen LogP contribution in [0, 0.1) is 6.92 Å². The third-order valence-corrected chi connectivity index (χ3v) is 3.76. The summed E-state index contributed by atoms with van der Waals surface area (Å²) in [5.41, 5.74) is 3.39. The molecule has 4 nitrogen and oxygen atoms in total. The molecule has 0 aliphatic carbocycles. The maximum Gasteiger partial charge on any atom is 0.241 e. The van der Waals surface area contributed by atoms with E-state index in [9.17, 15) is 4.79 Å². The van der Waals surface area contributed by atoms with Crippen LogP contribution >= 0.6 is 12.6 Å². The van der Waals surface area contributed by atoms with Crippen molar-refractivity contribution in [3.63, 3.8) is 0 Å². The Hall–Kier alpha value is -2.27. The molecule has 1 unspecified atom stereocenters. The number of hydrogen-bond donors (Lipinski definition) is 3. The predicted octanol–water partition coefficient (Wildman–Crippen LogP) is 3.48. The molecule has 0 aliphatic rings. The zero-order valence-electron chi connectivity index (χ0n) is 11.5. The van der Waals surface area contributed by atoms with Crippen LogP contribution in [0.2, 0.25) is 0 Å². The van der Waals surface area contributed by atoms with Gasteiger partial charge in [-0.25, -0.2) is 4.98 Å². The first-order valence-corrected chi connectivity index (χ1v) is 7.15. The van der Waals surface area contributed by atoms with Gasteiger partial charge in [0.05, 0.1) is 11.0 Å². The summed E-state index contributed by atoms with van der Waals surface area (Å²) in [6.07, 6.45) is 0. The SMILES string of the molecule is Cc1nc2ccc(NC(=O)C(S)c3ccccc3)cc2[nH]1. The highest BCUT2D eigenvalue weighted by molar-refractivity contribution is 7.81. The standard InChI is InChI=1S/C16H15N3OS/c1-10-17-13-8-7-12(9-14(13)18-10)19-16(20)15(21)11-5-3-2-4-6-11/h2-9,15,21H,1H3,(H,17,18)(H,19,20). The highest BCUT2D eigenvalue weighted by atomic mass is 32.1. The van der Waals surface area contributed by atoms with Gasteiger partial charge in [0.25, 0.3) is 0 Å². The summed E-state index contributed by atoms with van der Waals surface area (Å²) in [5.74, 6) is 0.699. The molecule has 0 saturated carbocycles. The minimum atomic E-state index is -0.495. The Labute approximate surface area is 128 Å². The Morgan fingerprint density at radius 3 is 2.76 bits per heavy atom. The number of aryl methyl sites for hydroxylation is 1. The summed E-state index contributed by atoms with van der Waals surface area (Å²) in [6, 6.07) is 15.1. The maximum atomic E-state index is 12.2. The molecule has 0 spiro atoms. The molecule has 106 valence electrons. The Bertz CT molecular complexity index is 783. The molecule has 5 heteroatoms. The van der Waals surface area contributed by atoms with Crippen LogP contribution < -0.4 is 5.32 Å². The van der Waals surface area contributed by atoms with E-state index in [0.717, 1.165) is 28.1 Å². The number of thiol groups is 1. The molecule has 2 N–H and O–H groups in total. The number of amides is 1. The Morgan fingerprint density at radius 2 is 2.00 bits per heavy atom. The van der Waals surface area contributed by atoms with Gasteiger partial charge in [-0.2, -0.15) is 12.6 Å². The summed E-state index contributed by atoms with van der Waals surface area (Å²) >= 11 is 4.39. The summed E-state index contributed by atoms with van der Waals surface area (Å²) in [5, 5.41) is 2.38. The lowest BCUT2D eigenvalue weighted by molar-refractivity contribution is -0.115. The zero-order chi connectivity index (χ0) is 14.8. The van der Waals surface area contributed by atoms with E-state index in [2.05, 4.69) is 27.9 Å².